The minimum absolute atomic E-state index is 0.121. The van der Waals surface area contributed by atoms with Crippen LogP contribution in [0.4, 0.5) is 0 Å². The molecule has 2 atom stereocenters. The first-order valence-electron chi connectivity index (χ1n) is 5.10. The highest BCUT2D eigenvalue weighted by Crippen LogP contribution is 2.26. The molecule has 0 heterocycles. The lowest BCUT2D eigenvalue weighted by Gasteiger charge is -2.23. The Kier molecular flexibility index (Phi) is 3.85. The number of aliphatic carboxylic acids is 1. The van der Waals surface area contributed by atoms with E-state index < -0.39 is 17.5 Å². The van der Waals surface area contributed by atoms with Crippen molar-refractivity contribution < 1.29 is 15.0 Å². The third-order valence-electron chi connectivity index (χ3n) is 2.56. The number of carboxylic acid groups (broad SMARTS) is 1. The predicted molar refractivity (Wildman–Crippen MR) is 62.3 cm³/mol. The van der Waals surface area contributed by atoms with Gasteiger partial charge in [-0.2, -0.15) is 0 Å². The fourth-order valence-electron chi connectivity index (χ4n) is 1.53. The van der Waals surface area contributed by atoms with E-state index >= 15 is 0 Å². The van der Waals surface area contributed by atoms with Gasteiger partial charge in [0.1, 0.15) is 0 Å². The average Bonchev–Trinajstić information content (AvgIpc) is 2.27. The minimum Gasteiger partial charge on any atom is -0.481 e. The van der Waals surface area contributed by atoms with Crippen LogP contribution < -0.4 is 0 Å². The summed E-state index contributed by atoms with van der Waals surface area (Å²) in [6.07, 6.45) is 1.49. The van der Waals surface area contributed by atoms with Crippen molar-refractivity contribution in [1.82, 2.24) is 0 Å². The molecule has 3 heteroatoms. The summed E-state index contributed by atoms with van der Waals surface area (Å²) in [6, 6.07) is 8.89. The summed E-state index contributed by atoms with van der Waals surface area (Å²) in [4.78, 5) is 11.1. The Balaban J connectivity index is 2.94. The van der Waals surface area contributed by atoms with E-state index in [2.05, 4.69) is 6.58 Å². The molecule has 0 spiro atoms. The Morgan fingerprint density at radius 2 is 2.06 bits per heavy atom. The van der Waals surface area contributed by atoms with Gasteiger partial charge in [0.25, 0.3) is 0 Å². The van der Waals surface area contributed by atoms with Crippen LogP contribution in [0.3, 0.4) is 0 Å². The van der Waals surface area contributed by atoms with Gasteiger partial charge in [-0.25, -0.2) is 0 Å². The van der Waals surface area contributed by atoms with Gasteiger partial charge < -0.3 is 10.2 Å². The Morgan fingerprint density at radius 3 is 2.50 bits per heavy atom. The SMILES string of the molecule is C=C[C@@](C)(O)C[C@@H](C(=O)O)c1ccccc1. The van der Waals surface area contributed by atoms with Crippen LogP contribution in [0, 0.1) is 0 Å². The van der Waals surface area contributed by atoms with Gasteiger partial charge in [-0.15, -0.1) is 6.58 Å². The predicted octanol–water partition coefficient (Wildman–Crippen LogP) is 2.18. The van der Waals surface area contributed by atoms with Crippen LogP contribution >= 0.6 is 0 Å². The largest absolute Gasteiger partial charge is 0.481 e. The molecular formula is C13H16O3. The minimum atomic E-state index is -1.17. The van der Waals surface area contributed by atoms with E-state index in [1.165, 1.54) is 6.08 Å². The van der Waals surface area contributed by atoms with Crippen molar-refractivity contribution in [3.05, 3.63) is 48.6 Å². The maximum Gasteiger partial charge on any atom is 0.311 e. The second kappa shape index (κ2) is 4.94. The average molecular weight is 220 g/mol. The summed E-state index contributed by atoms with van der Waals surface area (Å²) in [7, 11) is 0. The van der Waals surface area contributed by atoms with Crippen LogP contribution in [-0.2, 0) is 4.79 Å². The number of carbonyl (C=O) groups is 1. The zero-order valence-corrected chi connectivity index (χ0v) is 9.26. The standard InChI is InChI=1S/C13H16O3/c1-3-13(2,16)9-11(12(14)15)10-7-5-4-6-8-10/h3-8,11,16H,1,9H2,2H3,(H,14,15)/t11-,13-/m1/s1. The van der Waals surface area contributed by atoms with E-state index in [1.807, 2.05) is 6.07 Å². The van der Waals surface area contributed by atoms with Gasteiger partial charge in [0, 0.05) is 0 Å². The Labute approximate surface area is 95.0 Å². The molecule has 0 amide bonds. The van der Waals surface area contributed by atoms with Crippen LogP contribution in [0.15, 0.2) is 43.0 Å². The van der Waals surface area contributed by atoms with E-state index in [0.717, 1.165) is 0 Å². The fraction of sp³-hybridized carbons (Fsp3) is 0.308. The molecule has 0 fully saturated rings. The molecule has 1 aromatic rings. The molecule has 0 saturated carbocycles. The zero-order valence-electron chi connectivity index (χ0n) is 9.26. The van der Waals surface area contributed by atoms with E-state index in [0.29, 0.717) is 5.56 Å². The van der Waals surface area contributed by atoms with Gasteiger partial charge >= 0.3 is 5.97 Å². The molecule has 0 aromatic heterocycles. The molecule has 2 N–H and O–H groups in total. The van der Waals surface area contributed by atoms with Gasteiger partial charge in [0.05, 0.1) is 11.5 Å². The summed E-state index contributed by atoms with van der Waals surface area (Å²) >= 11 is 0. The highest BCUT2D eigenvalue weighted by atomic mass is 16.4. The Bertz CT molecular complexity index is 368. The zero-order chi connectivity index (χ0) is 12.2. The maximum atomic E-state index is 11.1. The molecule has 0 aliphatic carbocycles. The summed E-state index contributed by atoms with van der Waals surface area (Å²) in [5.74, 6) is -1.65. The molecule has 0 radical (unpaired) electrons. The maximum absolute atomic E-state index is 11.1. The number of carboxylic acids is 1. The van der Waals surface area contributed by atoms with E-state index in [4.69, 9.17) is 5.11 Å². The fourth-order valence-corrected chi connectivity index (χ4v) is 1.53. The molecule has 16 heavy (non-hydrogen) atoms. The number of hydrogen-bond donors (Lipinski definition) is 2. The van der Waals surface area contributed by atoms with E-state index in [9.17, 15) is 9.90 Å². The van der Waals surface area contributed by atoms with Crippen molar-refractivity contribution >= 4 is 5.97 Å². The second-order valence-electron chi connectivity index (χ2n) is 4.07. The van der Waals surface area contributed by atoms with Gasteiger partial charge in [-0.3, -0.25) is 4.79 Å². The van der Waals surface area contributed by atoms with Crippen LogP contribution in [0.25, 0.3) is 0 Å². The van der Waals surface area contributed by atoms with E-state index in [-0.39, 0.29) is 6.42 Å². The molecule has 3 nitrogen and oxygen atoms in total. The van der Waals surface area contributed by atoms with Crippen molar-refractivity contribution in [2.75, 3.05) is 0 Å². The smallest absolute Gasteiger partial charge is 0.311 e. The highest BCUT2D eigenvalue weighted by molar-refractivity contribution is 5.76. The van der Waals surface area contributed by atoms with Crippen LogP contribution in [0.1, 0.15) is 24.8 Å². The van der Waals surface area contributed by atoms with Crippen LogP contribution in [-0.4, -0.2) is 21.8 Å². The first-order valence-corrected chi connectivity index (χ1v) is 5.10. The lowest BCUT2D eigenvalue weighted by atomic mass is 9.87. The van der Waals surface area contributed by atoms with Crippen molar-refractivity contribution in [2.45, 2.75) is 24.9 Å². The molecular weight excluding hydrogens is 204 g/mol. The normalized spacial score (nSPS) is 16.1. The van der Waals surface area contributed by atoms with Crippen molar-refractivity contribution in [1.29, 1.82) is 0 Å². The summed E-state index contributed by atoms with van der Waals surface area (Å²) in [6.45, 7) is 5.05. The van der Waals surface area contributed by atoms with Crippen LogP contribution in [0.2, 0.25) is 0 Å². The molecule has 0 bridgehead atoms. The second-order valence-corrected chi connectivity index (χ2v) is 4.07. The highest BCUT2D eigenvalue weighted by Gasteiger charge is 2.28. The van der Waals surface area contributed by atoms with Gasteiger partial charge in [0.2, 0.25) is 0 Å². The molecule has 0 aliphatic rings. The van der Waals surface area contributed by atoms with Crippen molar-refractivity contribution in [3.63, 3.8) is 0 Å². The van der Waals surface area contributed by atoms with Crippen LogP contribution in [0.5, 0.6) is 0 Å². The summed E-state index contributed by atoms with van der Waals surface area (Å²) in [5.41, 5.74) is -0.476. The first-order chi connectivity index (χ1) is 7.46. The van der Waals surface area contributed by atoms with E-state index in [1.54, 1.807) is 31.2 Å². The quantitative estimate of drug-likeness (QED) is 0.748. The monoisotopic (exact) mass is 220 g/mol. The third-order valence-corrected chi connectivity index (χ3v) is 2.56. The van der Waals surface area contributed by atoms with Gasteiger partial charge in [0.15, 0.2) is 0 Å². The number of hydrogen-bond acceptors (Lipinski definition) is 2. The molecule has 1 rings (SSSR count). The lowest BCUT2D eigenvalue weighted by molar-refractivity contribution is -0.140. The molecule has 0 aliphatic heterocycles. The molecule has 86 valence electrons. The molecule has 1 aromatic carbocycles. The molecule has 0 unspecified atom stereocenters. The lowest BCUT2D eigenvalue weighted by Crippen LogP contribution is -2.27. The third kappa shape index (κ3) is 3.21. The van der Waals surface area contributed by atoms with Gasteiger partial charge in [-0.05, 0) is 18.9 Å². The Hall–Kier alpha value is -1.61. The Morgan fingerprint density at radius 1 is 1.50 bits per heavy atom. The number of rotatable bonds is 5. The summed E-state index contributed by atoms with van der Waals surface area (Å²) in [5, 5.41) is 19.0. The number of aliphatic hydroxyl groups is 1. The first kappa shape index (κ1) is 12.5. The van der Waals surface area contributed by atoms with Gasteiger partial charge in [-0.1, -0.05) is 36.4 Å². The summed E-state index contributed by atoms with van der Waals surface area (Å²) < 4.78 is 0. The molecule has 0 saturated heterocycles. The van der Waals surface area contributed by atoms with Crippen molar-refractivity contribution in [3.8, 4) is 0 Å². The topological polar surface area (TPSA) is 57.5 Å². The number of benzene rings is 1. The van der Waals surface area contributed by atoms with Crippen molar-refractivity contribution in [2.24, 2.45) is 0 Å².